The van der Waals surface area contributed by atoms with E-state index < -0.39 is 0 Å². The zero-order valence-corrected chi connectivity index (χ0v) is 9.74. The molecule has 0 fully saturated rings. The fourth-order valence-electron chi connectivity index (χ4n) is 1.92. The van der Waals surface area contributed by atoms with E-state index in [9.17, 15) is 4.79 Å². The molecule has 0 amide bonds. The third-order valence-electron chi connectivity index (χ3n) is 2.96. The van der Waals surface area contributed by atoms with Crippen LogP contribution in [0, 0.1) is 0 Å². The van der Waals surface area contributed by atoms with Gasteiger partial charge >= 0.3 is 0 Å². The number of hydrogen-bond acceptors (Lipinski definition) is 3. The van der Waals surface area contributed by atoms with Crippen molar-refractivity contribution in [2.45, 2.75) is 32.6 Å². The van der Waals surface area contributed by atoms with Crippen LogP contribution >= 0.6 is 0 Å². The maximum Gasteiger partial charge on any atom is 0.211 e. The molecular formula is C13H15NO2. The van der Waals surface area contributed by atoms with Gasteiger partial charge in [0.05, 0.1) is 0 Å². The van der Waals surface area contributed by atoms with Crippen molar-refractivity contribution in [3.63, 3.8) is 0 Å². The van der Waals surface area contributed by atoms with E-state index in [4.69, 9.17) is 5.21 Å². The van der Waals surface area contributed by atoms with Gasteiger partial charge in [0.25, 0.3) is 0 Å². The van der Waals surface area contributed by atoms with Crippen LogP contribution in [-0.4, -0.2) is 16.7 Å². The molecule has 0 heterocycles. The Labute approximate surface area is 94.8 Å². The van der Waals surface area contributed by atoms with Crippen LogP contribution in [0.25, 0.3) is 0 Å². The van der Waals surface area contributed by atoms with Crippen molar-refractivity contribution >= 4 is 11.5 Å². The highest BCUT2D eigenvalue weighted by molar-refractivity contribution is 6.49. The zero-order chi connectivity index (χ0) is 11.9. The lowest BCUT2D eigenvalue weighted by molar-refractivity contribution is 0.106. The number of nitrogens with zero attached hydrogens (tertiary/aromatic N) is 1. The molecule has 0 aliphatic heterocycles. The van der Waals surface area contributed by atoms with Gasteiger partial charge in [-0.1, -0.05) is 44.1 Å². The first-order valence-electron chi connectivity index (χ1n) is 5.32. The Morgan fingerprint density at radius 1 is 1.31 bits per heavy atom. The predicted octanol–water partition coefficient (Wildman–Crippen LogP) is 2.55. The molecule has 0 saturated heterocycles. The monoisotopic (exact) mass is 217 g/mol. The molecule has 0 radical (unpaired) electrons. The smallest absolute Gasteiger partial charge is 0.211 e. The normalized spacial score (nSPS) is 17.9. The first-order chi connectivity index (χ1) is 7.43. The Morgan fingerprint density at radius 2 is 2.00 bits per heavy atom. The molecule has 0 bridgehead atoms. The predicted molar refractivity (Wildman–Crippen MR) is 62.4 cm³/mol. The van der Waals surface area contributed by atoms with Crippen molar-refractivity contribution < 1.29 is 10.0 Å². The molecule has 0 atom stereocenters. The van der Waals surface area contributed by atoms with Crippen molar-refractivity contribution in [2.75, 3.05) is 0 Å². The minimum atomic E-state index is -0.155. The number of ketones is 1. The van der Waals surface area contributed by atoms with Gasteiger partial charge in [-0.25, -0.2) is 0 Å². The third-order valence-corrected chi connectivity index (χ3v) is 2.96. The molecule has 2 rings (SSSR count). The van der Waals surface area contributed by atoms with E-state index in [-0.39, 0.29) is 16.9 Å². The average Bonchev–Trinajstić information content (AvgIpc) is 2.54. The van der Waals surface area contributed by atoms with Gasteiger partial charge in [-0.2, -0.15) is 0 Å². The quantitative estimate of drug-likeness (QED) is 0.536. The van der Waals surface area contributed by atoms with Crippen molar-refractivity contribution in [3.05, 3.63) is 34.9 Å². The van der Waals surface area contributed by atoms with E-state index in [1.807, 2.05) is 18.2 Å². The fraction of sp³-hybridized carbons (Fsp3) is 0.385. The zero-order valence-electron chi connectivity index (χ0n) is 9.74. The maximum absolute atomic E-state index is 11.7. The van der Waals surface area contributed by atoms with Gasteiger partial charge < -0.3 is 5.21 Å². The van der Waals surface area contributed by atoms with Gasteiger partial charge in [0.1, 0.15) is 5.71 Å². The molecule has 1 aromatic carbocycles. The second-order valence-corrected chi connectivity index (χ2v) is 5.17. The molecule has 0 aromatic heterocycles. The molecule has 16 heavy (non-hydrogen) atoms. The molecule has 1 aliphatic carbocycles. The summed E-state index contributed by atoms with van der Waals surface area (Å²) in [6, 6.07) is 5.83. The van der Waals surface area contributed by atoms with Crippen molar-refractivity contribution in [1.29, 1.82) is 0 Å². The van der Waals surface area contributed by atoms with E-state index in [1.54, 1.807) is 0 Å². The Hall–Kier alpha value is -1.64. The van der Waals surface area contributed by atoms with Gasteiger partial charge in [-0.05, 0) is 16.5 Å². The van der Waals surface area contributed by atoms with Gasteiger partial charge in [0.15, 0.2) is 0 Å². The number of carbonyl (C=O) groups excluding carboxylic acids is 1. The van der Waals surface area contributed by atoms with Crippen LogP contribution < -0.4 is 0 Å². The molecule has 3 nitrogen and oxygen atoms in total. The van der Waals surface area contributed by atoms with Gasteiger partial charge in [-0.3, -0.25) is 4.79 Å². The van der Waals surface area contributed by atoms with E-state index in [1.165, 1.54) is 5.56 Å². The molecule has 84 valence electrons. The van der Waals surface area contributed by atoms with Crippen molar-refractivity contribution in [3.8, 4) is 0 Å². The molecule has 3 heteroatoms. The minimum Gasteiger partial charge on any atom is -0.411 e. The summed E-state index contributed by atoms with van der Waals surface area (Å²) in [7, 11) is 0. The van der Waals surface area contributed by atoms with Crippen LogP contribution in [0.2, 0.25) is 0 Å². The second kappa shape index (κ2) is 3.44. The molecule has 0 spiro atoms. The number of rotatable bonds is 0. The summed E-state index contributed by atoms with van der Waals surface area (Å²) in [4.78, 5) is 11.7. The average molecular weight is 217 g/mol. The van der Waals surface area contributed by atoms with Crippen LogP contribution in [0.4, 0.5) is 0 Å². The highest BCUT2D eigenvalue weighted by Crippen LogP contribution is 2.28. The van der Waals surface area contributed by atoms with E-state index in [0.29, 0.717) is 12.0 Å². The number of Topliss-reactive ketones (excluding diaryl/α,β-unsaturated/α-hetero) is 1. The Kier molecular flexibility index (Phi) is 2.34. The molecule has 1 aliphatic rings. The summed E-state index contributed by atoms with van der Waals surface area (Å²) in [5.74, 6) is -0.155. The van der Waals surface area contributed by atoms with Crippen LogP contribution in [0.3, 0.4) is 0 Å². The van der Waals surface area contributed by atoms with Crippen LogP contribution in [0.5, 0.6) is 0 Å². The molecule has 1 aromatic rings. The lowest BCUT2D eigenvalue weighted by atomic mass is 9.85. The minimum absolute atomic E-state index is 0.0667. The summed E-state index contributed by atoms with van der Waals surface area (Å²) in [6.45, 7) is 6.39. The van der Waals surface area contributed by atoms with E-state index >= 15 is 0 Å². The number of benzene rings is 1. The van der Waals surface area contributed by atoms with Gasteiger partial charge in [0.2, 0.25) is 5.78 Å². The van der Waals surface area contributed by atoms with Crippen LogP contribution in [0.15, 0.2) is 23.4 Å². The largest absolute Gasteiger partial charge is 0.411 e. The summed E-state index contributed by atoms with van der Waals surface area (Å²) < 4.78 is 0. The summed E-state index contributed by atoms with van der Waals surface area (Å²) in [5.41, 5.74) is 3.13. The van der Waals surface area contributed by atoms with E-state index in [0.717, 1.165) is 5.56 Å². The highest BCUT2D eigenvalue weighted by atomic mass is 16.4. The topological polar surface area (TPSA) is 49.7 Å². The summed E-state index contributed by atoms with van der Waals surface area (Å²) in [5, 5.41) is 11.7. The van der Waals surface area contributed by atoms with Gasteiger partial charge in [-0.15, -0.1) is 0 Å². The Morgan fingerprint density at radius 3 is 2.56 bits per heavy atom. The summed E-state index contributed by atoms with van der Waals surface area (Å²) in [6.07, 6.45) is 0.439. The number of oxime groups is 1. The van der Waals surface area contributed by atoms with Crippen molar-refractivity contribution in [1.82, 2.24) is 0 Å². The van der Waals surface area contributed by atoms with Crippen molar-refractivity contribution in [2.24, 2.45) is 5.16 Å². The lowest BCUT2D eigenvalue weighted by Crippen LogP contribution is -2.11. The molecular weight excluding hydrogens is 202 g/mol. The van der Waals surface area contributed by atoms with E-state index in [2.05, 4.69) is 25.9 Å². The standard InChI is InChI=1S/C13H15NO2/c1-13(2,3)9-4-5-10-8(6-9)7-11(14-16)12(10)15/h4-6,16H,7H2,1-3H3. The second-order valence-electron chi connectivity index (χ2n) is 5.17. The summed E-state index contributed by atoms with van der Waals surface area (Å²) >= 11 is 0. The first-order valence-corrected chi connectivity index (χ1v) is 5.32. The first kappa shape index (κ1) is 10.9. The number of hydrogen-bond donors (Lipinski definition) is 1. The Balaban J connectivity index is 2.49. The fourth-order valence-corrected chi connectivity index (χ4v) is 1.92. The molecule has 0 unspecified atom stereocenters. The molecule has 0 saturated carbocycles. The van der Waals surface area contributed by atoms with Crippen LogP contribution in [-0.2, 0) is 11.8 Å². The lowest BCUT2D eigenvalue weighted by Gasteiger charge is -2.19. The van der Waals surface area contributed by atoms with Crippen LogP contribution in [0.1, 0.15) is 42.3 Å². The Bertz CT molecular complexity index is 481. The van der Waals surface area contributed by atoms with Gasteiger partial charge in [0, 0.05) is 12.0 Å². The SMILES string of the molecule is CC(C)(C)c1ccc2c(c1)CC(=NO)C2=O. The number of fused-ring (bicyclic) bond motifs is 1. The number of carbonyl (C=O) groups is 1. The maximum atomic E-state index is 11.7. The third kappa shape index (κ3) is 1.62. The highest BCUT2D eigenvalue weighted by Gasteiger charge is 2.28. The molecule has 1 N–H and O–H groups in total.